The van der Waals surface area contributed by atoms with Crippen molar-refractivity contribution < 1.29 is 19.4 Å². The van der Waals surface area contributed by atoms with Gasteiger partial charge in [0.15, 0.2) is 0 Å². The Morgan fingerprint density at radius 3 is 2.64 bits per heavy atom. The molecule has 2 aromatic rings. The van der Waals surface area contributed by atoms with Gasteiger partial charge in [0.1, 0.15) is 11.8 Å². The fraction of sp³-hybridized carbons (Fsp3) is 0.300. The largest absolute Gasteiger partial charge is 0.497 e. The maximum absolute atomic E-state index is 12.7. The number of amides is 1. The summed E-state index contributed by atoms with van der Waals surface area (Å²) in [5, 5.41) is 9.53. The van der Waals surface area contributed by atoms with E-state index in [9.17, 15) is 14.7 Å². The van der Waals surface area contributed by atoms with Crippen LogP contribution in [0.1, 0.15) is 23.1 Å². The number of aryl methyl sites for hydroxylation is 1. The highest BCUT2D eigenvalue weighted by atomic mass is 16.5. The van der Waals surface area contributed by atoms with Crippen LogP contribution < -0.4 is 4.74 Å². The minimum absolute atomic E-state index is 0.135. The van der Waals surface area contributed by atoms with Gasteiger partial charge in [-0.25, -0.2) is 4.79 Å². The van der Waals surface area contributed by atoms with E-state index in [4.69, 9.17) is 4.74 Å². The predicted molar refractivity (Wildman–Crippen MR) is 93.4 cm³/mol. The van der Waals surface area contributed by atoms with Crippen molar-refractivity contribution in [3.05, 3.63) is 65.2 Å². The van der Waals surface area contributed by atoms with Crippen molar-refractivity contribution in [3.8, 4) is 5.75 Å². The molecule has 0 bridgehead atoms. The lowest BCUT2D eigenvalue weighted by Crippen LogP contribution is -2.48. The molecule has 1 heterocycles. The van der Waals surface area contributed by atoms with E-state index in [2.05, 4.69) is 0 Å². The molecule has 0 spiro atoms. The number of hydrogen-bond acceptors (Lipinski definition) is 3. The number of nitrogens with zero attached hydrogens (tertiary/aromatic N) is 1. The zero-order chi connectivity index (χ0) is 17.8. The average molecular weight is 339 g/mol. The predicted octanol–water partition coefficient (Wildman–Crippen LogP) is 2.67. The molecular weight excluding hydrogens is 318 g/mol. The molecule has 1 aliphatic heterocycles. The second-order valence-electron chi connectivity index (χ2n) is 6.20. The zero-order valence-electron chi connectivity index (χ0n) is 14.1. The fourth-order valence-electron chi connectivity index (χ4n) is 3.23. The highest BCUT2D eigenvalue weighted by Gasteiger charge is 2.34. The molecule has 5 heteroatoms. The number of carbonyl (C=O) groups excluding carboxylic acids is 1. The quantitative estimate of drug-likeness (QED) is 0.909. The summed E-state index contributed by atoms with van der Waals surface area (Å²) in [4.78, 5) is 25.8. The summed E-state index contributed by atoms with van der Waals surface area (Å²) < 4.78 is 5.19. The van der Waals surface area contributed by atoms with Gasteiger partial charge in [0.05, 0.1) is 7.11 Å². The topological polar surface area (TPSA) is 66.8 Å². The number of ether oxygens (including phenoxy) is 1. The number of rotatable bonds is 5. The summed E-state index contributed by atoms with van der Waals surface area (Å²) in [5.41, 5.74) is 3.03. The van der Waals surface area contributed by atoms with Gasteiger partial charge in [-0.2, -0.15) is 0 Å². The first-order valence-electron chi connectivity index (χ1n) is 8.30. The van der Waals surface area contributed by atoms with Crippen LogP contribution in [0, 0.1) is 0 Å². The van der Waals surface area contributed by atoms with Gasteiger partial charge in [-0.1, -0.05) is 36.4 Å². The van der Waals surface area contributed by atoms with Crippen molar-refractivity contribution >= 4 is 11.9 Å². The Labute approximate surface area is 146 Å². The maximum atomic E-state index is 12.7. The number of benzene rings is 2. The second-order valence-corrected chi connectivity index (χ2v) is 6.20. The molecule has 1 aliphatic rings. The number of carboxylic acid groups (broad SMARTS) is 1. The number of fused-ring (bicyclic) bond motifs is 1. The van der Waals surface area contributed by atoms with Gasteiger partial charge in [-0.15, -0.1) is 0 Å². The lowest BCUT2D eigenvalue weighted by atomic mass is 9.93. The van der Waals surface area contributed by atoms with Gasteiger partial charge in [0, 0.05) is 19.4 Å². The molecule has 1 amide bonds. The molecule has 1 unspecified atom stereocenters. The number of methoxy groups -OCH3 is 1. The highest BCUT2D eigenvalue weighted by molar-refractivity contribution is 5.84. The fourth-order valence-corrected chi connectivity index (χ4v) is 3.23. The van der Waals surface area contributed by atoms with Gasteiger partial charge in [-0.05, 0) is 35.2 Å². The van der Waals surface area contributed by atoms with Crippen LogP contribution in [0.5, 0.6) is 5.75 Å². The lowest BCUT2D eigenvalue weighted by molar-refractivity contribution is -0.151. The number of carboxylic acids is 1. The van der Waals surface area contributed by atoms with E-state index in [1.807, 2.05) is 48.5 Å². The summed E-state index contributed by atoms with van der Waals surface area (Å²) >= 11 is 0. The molecule has 5 nitrogen and oxygen atoms in total. The first-order valence-corrected chi connectivity index (χ1v) is 8.30. The molecule has 25 heavy (non-hydrogen) atoms. The summed E-state index contributed by atoms with van der Waals surface area (Å²) in [6.45, 7) is 0.351. The van der Waals surface area contributed by atoms with E-state index in [0.717, 1.165) is 22.4 Å². The van der Waals surface area contributed by atoms with E-state index < -0.39 is 12.0 Å². The van der Waals surface area contributed by atoms with E-state index in [-0.39, 0.29) is 12.3 Å². The van der Waals surface area contributed by atoms with E-state index in [1.54, 1.807) is 7.11 Å². The molecule has 1 N–H and O–H groups in total. The monoisotopic (exact) mass is 339 g/mol. The molecule has 0 saturated heterocycles. The van der Waals surface area contributed by atoms with Crippen molar-refractivity contribution in [2.45, 2.75) is 31.8 Å². The van der Waals surface area contributed by atoms with Crippen LogP contribution in [0.4, 0.5) is 0 Å². The molecular formula is C20H21NO4. The van der Waals surface area contributed by atoms with E-state index in [1.165, 1.54) is 4.90 Å². The highest BCUT2D eigenvalue weighted by Crippen LogP contribution is 2.24. The first-order chi connectivity index (χ1) is 12.1. The zero-order valence-corrected chi connectivity index (χ0v) is 14.1. The van der Waals surface area contributed by atoms with Crippen LogP contribution in [0.25, 0.3) is 0 Å². The van der Waals surface area contributed by atoms with Crippen molar-refractivity contribution in [3.63, 3.8) is 0 Å². The standard InChI is InChI=1S/C20H21NO4/c1-25-17-8-4-5-14(11-17)9-10-19(22)21-13-16-7-3-2-6-15(16)12-18(21)20(23)24/h2-8,11,18H,9-10,12-13H2,1H3,(H,23,24). The van der Waals surface area contributed by atoms with E-state index >= 15 is 0 Å². The average Bonchev–Trinajstić information content (AvgIpc) is 2.65. The van der Waals surface area contributed by atoms with Crippen molar-refractivity contribution in [1.29, 1.82) is 0 Å². The minimum atomic E-state index is -0.954. The maximum Gasteiger partial charge on any atom is 0.326 e. The van der Waals surface area contributed by atoms with Crippen LogP contribution >= 0.6 is 0 Å². The Balaban J connectivity index is 1.72. The van der Waals surface area contributed by atoms with Gasteiger partial charge in [-0.3, -0.25) is 4.79 Å². The third kappa shape index (κ3) is 3.82. The Morgan fingerprint density at radius 1 is 1.16 bits per heavy atom. The van der Waals surface area contributed by atoms with Crippen LogP contribution in [0.3, 0.4) is 0 Å². The number of carbonyl (C=O) groups is 2. The molecule has 0 radical (unpaired) electrons. The van der Waals surface area contributed by atoms with Gasteiger partial charge < -0.3 is 14.7 Å². The van der Waals surface area contributed by atoms with Gasteiger partial charge >= 0.3 is 5.97 Å². The first kappa shape index (κ1) is 17.0. The second kappa shape index (κ2) is 7.38. The van der Waals surface area contributed by atoms with Gasteiger partial charge in [0.25, 0.3) is 0 Å². The van der Waals surface area contributed by atoms with Crippen LogP contribution in [0.15, 0.2) is 48.5 Å². The number of hydrogen-bond donors (Lipinski definition) is 1. The van der Waals surface area contributed by atoms with Crippen molar-refractivity contribution in [2.75, 3.05) is 7.11 Å². The lowest BCUT2D eigenvalue weighted by Gasteiger charge is -2.34. The van der Waals surface area contributed by atoms with Crippen LogP contribution in [-0.2, 0) is 29.0 Å². The van der Waals surface area contributed by atoms with Crippen molar-refractivity contribution in [2.24, 2.45) is 0 Å². The molecule has 130 valence electrons. The molecule has 2 aromatic carbocycles. The van der Waals surface area contributed by atoms with Crippen molar-refractivity contribution in [1.82, 2.24) is 4.90 Å². The molecule has 3 rings (SSSR count). The minimum Gasteiger partial charge on any atom is -0.497 e. The third-order valence-corrected chi connectivity index (χ3v) is 4.62. The SMILES string of the molecule is COc1cccc(CCC(=O)N2Cc3ccccc3CC2C(=O)O)c1. The Bertz CT molecular complexity index is 787. The summed E-state index contributed by atoms with van der Waals surface area (Å²) in [6.07, 6.45) is 1.19. The van der Waals surface area contributed by atoms with Gasteiger partial charge in [0.2, 0.25) is 5.91 Å². The molecule has 0 aliphatic carbocycles. The van der Waals surface area contributed by atoms with Crippen LogP contribution in [0.2, 0.25) is 0 Å². The third-order valence-electron chi connectivity index (χ3n) is 4.62. The van der Waals surface area contributed by atoms with E-state index in [0.29, 0.717) is 19.4 Å². The summed E-state index contributed by atoms with van der Waals surface area (Å²) in [7, 11) is 1.60. The van der Waals surface area contributed by atoms with Crippen LogP contribution in [-0.4, -0.2) is 35.0 Å². The smallest absolute Gasteiger partial charge is 0.326 e. The normalized spacial score (nSPS) is 16.2. The Kier molecular flexibility index (Phi) is 5.03. The molecule has 1 atom stereocenters. The summed E-state index contributed by atoms with van der Waals surface area (Å²) in [5.74, 6) is -0.339. The molecule has 0 aromatic heterocycles. The Morgan fingerprint density at radius 2 is 1.92 bits per heavy atom. The molecule has 0 fully saturated rings. The Hall–Kier alpha value is -2.82. The number of aliphatic carboxylic acids is 1. The molecule has 0 saturated carbocycles. The summed E-state index contributed by atoms with van der Waals surface area (Å²) in [6, 6.07) is 14.5.